The highest BCUT2D eigenvalue weighted by atomic mass is 79.9. The Kier molecular flexibility index (Phi) is 3.82. The van der Waals surface area contributed by atoms with Crippen LogP contribution in [-0.4, -0.2) is 11.0 Å². The molecule has 0 aliphatic heterocycles. The van der Waals surface area contributed by atoms with E-state index >= 15 is 0 Å². The molecule has 1 heterocycles. The van der Waals surface area contributed by atoms with Gasteiger partial charge in [0.2, 0.25) is 5.89 Å². The molecule has 0 atom stereocenters. The van der Waals surface area contributed by atoms with Crippen LogP contribution < -0.4 is 4.74 Å². The molecule has 4 nitrogen and oxygen atoms in total. The van der Waals surface area contributed by atoms with Crippen molar-refractivity contribution in [3.05, 3.63) is 45.3 Å². The largest absolute Gasteiger partial charge is 0.436 e. The van der Waals surface area contributed by atoms with Gasteiger partial charge >= 0.3 is 5.97 Å². The molecule has 21 heavy (non-hydrogen) atoms. The third-order valence-electron chi connectivity index (χ3n) is 2.78. The normalized spacial score (nSPS) is 10.8. The second kappa shape index (κ2) is 5.61. The van der Waals surface area contributed by atoms with Gasteiger partial charge in [-0.05, 0) is 36.4 Å². The number of carbonyl (C=O) groups is 1. The van der Waals surface area contributed by atoms with Gasteiger partial charge in [0, 0.05) is 15.9 Å². The van der Waals surface area contributed by atoms with Crippen molar-refractivity contribution in [2.45, 2.75) is 6.92 Å². The van der Waals surface area contributed by atoms with E-state index in [2.05, 4.69) is 36.8 Å². The molecule has 1 aromatic heterocycles. The van der Waals surface area contributed by atoms with Gasteiger partial charge in [-0.3, -0.25) is 4.79 Å². The standard InChI is InChI=1S/C15H9Br2NO3/c1-8(19)20-13-4-2-9(16)6-11(13)15-18-12-7-10(17)3-5-14(12)21-15/h2-7H,1H3. The number of ether oxygens (including phenoxy) is 1. The number of benzene rings is 2. The number of rotatable bonds is 2. The Hall–Kier alpha value is -1.66. The lowest BCUT2D eigenvalue weighted by Gasteiger charge is -2.06. The van der Waals surface area contributed by atoms with Crippen LogP contribution in [0.1, 0.15) is 6.92 Å². The Morgan fingerprint density at radius 2 is 1.86 bits per heavy atom. The van der Waals surface area contributed by atoms with E-state index in [1.54, 1.807) is 18.2 Å². The zero-order valence-electron chi connectivity index (χ0n) is 10.9. The molecule has 3 aromatic rings. The highest BCUT2D eigenvalue weighted by Gasteiger charge is 2.15. The van der Waals surface area contributed by atoms with E-state index in [0.717, 1.165) is 14.5 Å². The van der Waals surface area contributed by atoms with Crippen molar-refractivity contribution < 1.29 is 13.9 Å². The van der Waals surface area contributed by atoms with Crippen LogP contribution in [0.4, 0.5) is 0 Å². The van der Waals surface area contributed by atoms with Crippen LogP contribution in [0.2, 0.25) is 0 Å². The molecule has 3 rings (SSSR count). The van der Waals surface area contributed by atoms with Crippen molar-refractivity contribution in [2.24, 2.45) is 0 Å². The van der Waals surface area contributed by atoms with Crippen LogP contribution in [0.5, 0.6) is 5.75 Å². The van der Waals surface area contributed by atoms with E-state index in [9.17, 15) is 4.79 Å². The SMILES string of the molecule is CC(=O)Oc1ccc(Br)cc1-c1nc2cc(Br)ccc2o1. The number of hydrogen-bond donors (Lipinski definition) is 0. The molecule has 106 valence electrons. The summed E-state index contributed by atoms with van der Waals surface area (Å²) in [5.41, 5.74) is 2.02. The summed E-state index contributed by atoms with van der Waals surface area (Å²) in [5, 5.41) is 0. The lowest BCUT2D eigenvalue weighted by Crippen LogP contribution is -2.02. The maximum atomic E-state index is 11.2. The minimum Gasteiger partial charge on any atom is -0.436 e. The van der Waals surface area contributed by atoms with Gasteiger partial charge in [-0.25, -0.2) is 4.98 Å². The van der Waals surface area contributed by atoms with E-state index < -0.39 is 5.97 Å². The first-order valence-corrected chi connectivity index (χ1v) is 7.66. The molecule has 6 heteroatoms. The van der Waals surface area contributed by atoms with Gasteiger partial charge in [0.15, 0.2) is 5.58 Å². The summed E-state index contributed by atoms with van der Waals surface area (Å²) in [4.78, 5) is 15.7. The van der Waals surface area contributed by atoms with Crippen molar-refractivity contribution in [3.8, 4) is 17.2 Å². The zero-order chi connectivity index (χ0) is 15.0. The molecule has 0 fully saturated rings. The van der Waals surface area contributed by atoms with Crippen LogP contribution in [0.15, 0.2) is 49.8 Å². The smallest absolute Gasteiger partial charge is 0.308 e. The average Bonchev–Trinajstić information content (AvgIpc) is 2.83. The van der Waals surface area contributed by atoms with Gasteiger partial charge in [0.25, 0.3) is 0 Å². The lowest BCUT2D eigenvalue weighted by molar-refractivity contribution is -0.131. The van der Waals surface area contributed by atoms with Crippen molar-refractivity contribution in [1.82, 2.24) is 4.98 Å². The minimum atomic E-state index is -0.391. The maximum absolute atomic E-state index is 11.2. The van der Waals surface area contributed by atoms with Gasteiger partial charge in [-0.2, -0.15) is 0 Å². The van der Waals surface area contributed by atoms with Crippen molar-refractivity contribution in [1.29, 1.82) is 0 Å². The third kappa shape index (κ3) is 3.01. The highest BCUT2D eigenvalue weighted by molar-refractivity contribution is 9.10. The molecule has 0 aliphatic rings. The summed E-state index contributed by atoms with van der Waals surface area (Å²) in [7, 11) is 0. The number of aromatic nitrogens is 1. The van der Waals surface area contributed by atoms with Crippen LogP contribution in [0.3, 0.4) is 0 Å². The predicted molar refractivity (Wildman–Crippen MR) is 86.2 cm³/mol. The highest BCUT2D eigenvalue weighted by Crippen LogP contribution is 2.34. The lowest BCUT2D eigenvalue weighted by atomic mass is 10.2. The topological polar surface area (TPSA) is 52.3 Å². The van der Waals surface area contributed by atoms with E-state index in [0.29, 0.717) is 22.8 Å². The summed E-state index contributed by atoms with van der Waals surface area (Å²) < 4.78 is 12.7. The van der Waals surface area contributed by atoms with Gasteiger partial charge in [-0.1, -0.05) is 31.9 Å². The maximum Gasteiger partial charge on any atom is 0.308 e. The molecule has 2 aromatic carbocycles. The molecule has 0 unspecified atom stereocenters. The molecular weight excluding hydrogens is 402 g/mol. The quantitative estimate of drug-likeness (QED) is 0.443. The van der Waals surface area contributed by atoms with Crippen LogP contribution >= 0.6 is 31.9 Å². The van der Waals surface area contributed by atoms with Crippen molar-refractivity contribution >= 4 is 48.9 Å². The number of halogens is 2. The number of nitrogens with zero attached hydrogens (tertiary/aromatic N) is 1. The fraction of sp³-hybridized carbons (Fsp3) is 0.0667. The minimum absolute atomic E-state index is 0.391. The number of fused-ring (bicyclic) bond motifs is 1. The first-order valence-electron chi connectivity index (χ1n) is 6.07. The van der Waals surface area contributed by atoms with E-state index in [-0.39, 0.29) is 0 Å². The molecule has 0 amide bonds. The summed E-state index contributed by atoms with van der Waals surface area (Å²) >= 11 is 6.80. The fourth-order valence-corrected chi connectivity index (χ4v) is 2.64. The molecular formula is C15H9Br2NO3. The number of oxazole rings is 1. The Balaban J connectivity index is 2.16. The predicted octanol–water partition coefficient (Wildman–Crippen LogP) is 4.95. The summed E-state index contributed by atoms with van der Waals surface area (Å²) in [5.74, 6) is 0.425. The summed E-state index contributed by atoms with van der Waals surface area (Å²) in [6.07, 6.45) is 0. The number of esters is 1. The Morgan fingerprint density at radius 1 is 1.14 bits per heavy atom. The van der Waals surface area contributed by atoms with E-state index in [4.69, 9.17) is 9.15 Å². The monoisotopic (exact) mass is 409 g/mol. The first-order chi connectivity index (χ1) is 10.0. The Labute approximate surface area is 137 Å². The van der Waals surface area contributed by atoms with Crippen LogP contribution in [0, 0.1) is 0 Å². The zero-order valence-corrected chi connectivity index (χ0v) is 14.1. The molecule has 0 bridgehead atoms. The van der Waals surface area contributed by atoms with Crippen molar-refractivity contribution in [3.63, 3.8) is 0 Å². The third-order valence-corrected chi connectivity index (χ3v) is 3.76. The second-order valence-corrected chi connectivity index (χ2v) is 6.20. The summed E-state index contributed by atoms with van der Waals surface area (Å²) in [6.45, 7) is 1.36. The number of carbonyl (C=O) groups excluding carboxylic acids is 1. The van der Waals surface area contributed by atoms with Gasteiger partial charge in [0.05, 0.1) is 5.56 Å². The first kappa shape index (κ1) is 14.3. The molecule has 0 aliphatic carbocycles. The van der Waals surface area contributed by atoms with Crippen LogP contribution in [0.25, 0.3) is 22.6 Å². The van der Waals surface area contributed by atoms with Gasteiger partial charge < -0.3 is 9.15 Å². The van der Waals surface area contributed by atoms with Gasteiger partial charge in [-0.15, -0.1) is 0 Å². The molecule has 0 radical (unpaired) electrons. The number of hydrogen-bond acceptors (Lipinski definition) is 4. The molecule has 0 saturated carbocycles. The Morgan fingerprint density at radius 3 is 2.62 bits per heavy atom. The van der Waals surface area contributed by atoms with Crippen molar-refractivity contribution in [2.75, 3.05) is 0 Å². The van der Waals surface area contributed by atoms with E-state index in [1.165, 1.54) is 6.92 Å². The Bertz CT molecular complexity index is 842. The van der Waals surface area contributed by atoms with E-state index in [1.807, 2.05) is 18.2 Å². The van der Waals surface area contributed by atoms with Crippen LogP contribution in [-0.2, 0) is 4.79 Å². The molecule has 0 N–H and O–H groups in total. The summed E-state index contributed by atoms with van der Waals surface area (Å²) in [6, 6.07) is 10.9. The second-order valence-electron chi connectivity index (χ2n) is 4.37. The molecule has 0 saturated heterocycles. The molecule has 0 spiro atoms. The van der Waals surface area contributed by atoms with Gasteiger partial charge in [0.1, 0.15) is 11.3 Å². The average molecular weight is 411 g/mol. The fourth-order valence-electron chi connectivity index (χ4n) is 1.93.